The molecule has 2 aromatic heterocycles. The van der Waals surface area contributed by atoms with E-state index in [0.717, 1.165) is 22.8 Å². The molecule has 1 aliphatic rings. The maximum absolute atomic E-state index is 5.77. The van der Waals surface area contributed by atoms with E-state index in [4.69, 9.17) is 17.0 Å². The number of aromatic nitrogens is 2. The number of H-pyrrole nitrogens is 1. The molecule has 5 nitrogen and oxygen atoms in total. The molecule has 0 amide bonds. The molecule has 3 aromatic rings. The van der Waals surface area contributed by atoms with Crippen LogP contribution in [0.15, 0.2) is 67.0 Å². The summed E-state index contributed by atoms with van der Waals surface area (Å²) in [5.74, 6) is 0.851. The van der Waals surface area contributed by atoms with Crippen molar-refractivity contribution in [3.05, 3.63) is 78.4 Å². The molecule has 0 unspecified atom stereocenters. The molecule has 1 aliphatic heterocycles. The molecular formula is C21H22N4OS. The smallest absolute Gasteiger partial charge is 0.174 e. The molecule has 6 heteroatoms. The molecule has 0 saturated carbocycles. The highest BCUT2D eigenvalue weighted by Crippen LogP contribution is 2.41. The van der Waals surface area contributed by atoms with Crippen molar-refractivity contribution in [2.24, 2.45) is 0 Å². The van der Waals surface area contributed by atoms with Crippen molar-refractivity contribution in [3.8, 4) is 5.75 Å². The number of nitrogens with zero attached hydrogens (tertiary/aromatic N) is 2. The van der Waals surface area contributed by atoms with Crippen LogP contribution in [-0.2, 0) is 0 Å². The lowest BCUT2D eigenvalue weighted by Crippen LogP contribution is -2.29. The topological polar surface area (TPSA) is 53.2 Å². The van der Waals surface area contributed by atoms with E-state index in [9.17, 15) is 0 Å². The second kappa shape index (κ2) is 7.40. The van der Waals surface area contributed by atoms with Gasteiger partial charge in [-0.2, -0.15) is 0 Å². The van der Waals surface area contributed by atoms with Crippen LogP contribution in [0.25, 0.3) is 0 Å². The van der Waals surface area contributed by atoms with Gasteiger partial charge in [-0.15, -0.1) is 0 Å². The molecule has 0 spiro atoms. The van der Waals surface area contributed by atoms with Crippen molar-refractivity contribution >= 4 is 23.0 Å². The molecule has 1 aromatic carbocycles. The third kappa shape index (κ3) is 3.53. The Labute approximate surface area is 164 Å². The molecular weight excluding hydrogens is 356 g/mol. The molecule has 4 rings (SSSR count). The molecule has 0 aliphatic carbocycles. The monoisotopic (exact) mass is 378 g/mol. The molecule has 1 fully saturated rings. The maximum atomic E-state index is 5.77. The quantitative estimate of drug-likeness (QED) is 0.646. The number of hydrogen-bond donors (Lipinski definition) is 2. The highest BCUT2D eigenvalue weighted by molar-refractivity contribution is 7.80. The van der Waals surface area contributed by atoms with Crippen LogP contribution >= 0.6 is 12.2 Å². The van der Waals surface area contributed by atoms with Gasteiger partial charge in [0.15, 0.2) is 5.11 Å². The van der Waals surface area contributed by atoms with Crippen LogP contribution in [0.1, 0.15) is 37.3 Å². The lowest BCUT2D eigenvalue weighted by atomic mass is 10.0. The number of thiocarbonyl (C=S) groups is 1. The van der Waals surface area contributed by atoms with Gasteiger partial charge in [-0.3, -0.25) is 4.98 Å². The number of anilines is 1. The summed E-state index contributed by atoms with van der Waals surface area (Å²) in [4.78, 5) is 10.0. The summed E-state index contributed by atoms with van der Waals surface area (Å²) in [5, 5.41) is 4.13. The van der Waals surface area contributed by atoms with Gasteiger partial charge in [0.05, 0.1) is 17.8 Å². The van der Waals surface area contributed by atoms with Crippen molar-refractivity contribution in [2.75, 3.05) is 4.90 Å². The van der Waals surface area contributed by atoms with E-state index < -0.39 is 0 Å². The van der Waals surface area contributed by atoms with Crippen molar-refractivity contribution in [3.63, 3.8) is 0 Å². The summed E-state index contributed by atoms with van der Waals surface area (Å²) >= 11 is 5.70. The van der Waals surface area contributed by atoms with Gasteiger partial charge in [-0.1, -0.05) is 6.07 Å². The summed E-state index contributed by atoms with van der Waals surface area (Å²) in [5.41, 5.74) is 3.06. The SMILES string of the molecule is CC(C)Oc1ccc(N2C(=S)N[C@@H](c3ccccn3)[C@H]2c2ccc[nH]2)cc1. The normalized spacial score (nSPS) is 19.4. The van der Waals surface area contributed by atoms with Crippen molar-refractivity contribution in [2.45, 2.75) is 32.0 Å². The maximum Gasteiger partial charge on any atom is 0.174 e. The van der Waals surface area contributed by atoms with E-state index >= 15 is 0 Å². The first-order chi connectivity index (χ1) is 13.1. The Morgan fingerprint density at radius 2 is 1.89 bits per heavy atom. The molecule has 27 heavy (non-hydrogen) atoms. The molecule has 1 saturated heterocycles. The molecule has 0 bridgehead atoms. The highest BCUT2D eigenvalue weighted by atomic mass is 32.1. The molecule has 2 atom stereocenters. The zero-order valence-corrected chi connectivity index (χ0v) is 16.1. The van der Waals surface area contributed by atoms with E-state index in [1.807, 2.05) is 74.8 Å². The van der Waals surface area contributed by atoms with Crippen molar-refractivity contribution in [1.29, 1.82) is 0 Å². The third-order valence-electron chi connectivity index (χ3n) is 4.53. The van der Waals surface area contributed by atoms with Gasteiger partial charge in [0.2, 0.25) is 0 Å². The Bertz CT molecular complexity index is 894. The summed E-state index contributed by atoms with van der Waals surface area (Å²) in [6.07, 6.45) is 3.89. The van der Waals surface area contributed by atoms with E-state index in [2.05, 4.69) is 26.3 Å². The summed E-state index contributed by atoms with van der Waals surface area (Å²) in [7, 11) is 0. The average molecular weight is 379 g/mol. The third-order valence-corrected chi connectivity index (χ3v) is 4.84. The number of benzene rings is 1. The van der Waals surface area contributed by atoms with Crippen LogP contribution < -0.4 is 15.0 Å². The van der Waals surface area contributed by atoms with Gasteiger partial charge in [0.25, 0.3) is 0 Å². The van der Waals surface area contributed by atoms with Crippen LogP contribution in [0.5, 0.6) is 5.75 Å². The van der Waals surface area contributed by atoms with Gasteiger partial charge in [0.1, 0.15) is 11.8 Å². The Balaban J connectivity index is 1.71. The van der Waals surface area contributed by atoms with Crippen molar-refractivity contribution < 1.29 is 4.74 Å². The van der Waals surface area contributed by atoms with E-state index in [-0.39, 0.29) is 18.2 Å². The first-order valence-electron chi connectivity index (χ1n) is 9.04. The number of nitrogens with one attached hydrogen (secondary N) is 2. The van der Waals surface area contributed by atoms with E-state index in [1.165, 1.54) is 0 Å². The number of hydrogen-bond acceptors (Lipinski definition) is 3. The molecule has 2 N–H and O–H groups in total. The largest absolute Gasteiger partial charge is 0.491 e. The lowest BCUT2D eigenvalue weighted by molar-refractivity contribution is 0.242. The highest BCUT2D eigenvalue weighted by Gasteiger charge is 2.41. The van der Waals surface area contributed by atoms with Crippen LogP contribution in [0.2, 0.25) is 0 Å². The fourth-order valence-corrected chi connectivity index (χ4v) is 3.78. The van der Waals surface area contributed by atoms with Gasteiger partial charge >= 0.3 is 0 Å². The Morgan fingerprint density at radius 3 is 2.52 bits per heavy atom. The minimum absolute atomic E-state index is 0.0146. The molecule has 0 radical (unpaired) electrons. The first kappa shape index (κ1) is 17.5. The minimum atomic E-state index is -0.0380. The average Bonchev–Trinajstić information content (AvgIpc) is 3.30. The van der Waals surface area contributed by atoms with Crippen LogP contribution in [-0.4, -0.2) is 21.2 Å². The zero-order valence-electron chi connectivity index (χ0n) is 15.3. The zero-order chi connectivity index (χ0) is 18.8. The van der Waals surface area contributed by atoms with E-state index in [0.29, 0.717) is 5.11 Å². The van der Waals surface area contributed by atoms with Gasteiger partial charge in [-0.25, -0.2) is 0 Å². The Morgan fingerprint density at radius 1 is 1.07 bits per heavy atom. The lowest BCUT2D eigenvalue weighted by Gasteiger charge is -2.27. The van der Waals surface area contributed by atoms with Crippen LogP contribution in [0.4, 0.5) is 5.69 Å². The predicted molar refractivity (Wildman–Crippen MR) is 111 cm³/mol. The summed E-state index contributed by atoms with van der Waals surface area (Å²) in [6, 6.07) is 18.0. The van der Waals surface area contributed by atoms with E-state index in [1.54, 1.807) is 0 Å². The second-order valence-electron chi connectivity index (χ2n) is 6.78. The van der Waals surface area contributed by atoms with Gasteiger partial charge in [0, 0.05) is 23.8 Å². The predicted octanol–water partition coefficient (Wildman–Crippen LogP) is 4.37. The number of rotatable bonds is 5. The fraction of sp³-hybridized carbons (Fsp3) is 0.238. The number of pyridine rings is 1. The second-order valence-corrected chi connectivity index (χ2v) is 7.17. The number of aromatic amines is 1. The molecule has 3 heterocycles. The summed E-state index contributed by atoms with van der Waals surface area (Å²) in [6.45, 7) is 4.04. The first-order valence-corrected chi connectivity index (χ1v) is 9.45. The standard InChI is InChI=1S/C21H22N4OS/c1-14(2)26-16-10-8-15(9-11-16)25-20(18-7-5-13-23-18)19(24-21(25)27)17-6-3-4-12-22-17/h3-14,19-20,23H,1-2H3,(H,24,27)/t19-,20+/m0/s1. The minimum Gasteiger partial charge on any atom is -0.491 e. The Hall–Kier alpha value is -2.86. The van der Waals surface area contributed by atoms with Crippen molar-refractivity contribution in [1.82, 2.24) is 15.3 Å². The van der Waals surface area contributed by atoms with Crippen LogP contribution in [0, 0.1) is 0 Å². The number of ether oxygens (including phenoxy) is 1. The fourth-order valence-electron chi connectivity index (χ4n) is 3.43. The van der Waals surface area contributed by atoms with Gasteiger partial charge < -0.3 is 19.9 Å². The summed E-state index contributed by atoms with van der Waals surface area (Å²) < 4.78 is 5.77. The van der Waals surface area contributed by atoms with Gasteiger partial charge in [-0.05, 0) is 74.6 Å². The molecule has 138 valence electrons. The van der Waals surface area contributed by atoms with Crippen LogP contribution in [0.3, 0.4) is 0 Å². The Kier molecular flexibility index (Phi) is 4.81.